The van der Waals surface area contributed by atoms with Gasteiger partial charge in [-0.05, 0) is 61.4 Å². The number of aromatic nitrogens is 2. The number of carbonyl (C=O) groups is 1. The van der Waals surface area contributed by atoms with E-state index < -0.39 is 12.0 Å². The van der Waals surface area contributed by atoms with Crippen LogP contribution in [0.25, 0.3) is 17.0 Å². The zero-order chi connectivity index (χ0) is 29.4. The molecule has 0 N–H and O–H groups in total. The molecule has 0 saturated heterocycles. The van der Waals surface area contributed by atoms with Crippen LogP contribution in [0.5, 0.6) is 5.75 Å². The minimum Gasteiger partial charge on any atom is -0.497 e. The van der Waals surface area contributed by atoms with E-state index in [-0.39, 0.29) is 12.2 Å². The standard InChI is InChI=1S/C33H28BrN3O4S/c1-4-41-32(39)29-20(2)35-33-37(30(29)22-8-7-9-25(16-22)40-3)31(38)28(42-33)17-23-19-36(27-11-6-5-10-26(23)27)18-21-12-14-24(34)15-13-21/h5-17,19,30H,4,18H2,1-3H3/b28-17+/t30-/m1/s1. The summed E-state index contributed by atoms with van der Waals surface area (Å²) in [6.45, 7) is 4.46. The molecule has 0 amide bonds. The summed E-state index contributed by atoms with van der Waals surface area (Å²) in [6, 6.07) is 23.2. The summed E-state index contributed by atoms with van der Waals surface area (Å²) in [7, 11) is 1.59. The minimum absolute atomic E-state index is 0.217. The number of halogens is 1. The molecule has 2 aromatic heterocycles. The first-order valence-electron chi connectivity index (χ1n) is 13.5. The third-order valence-corrected chi connectivity index (χ3v) is 8.81. The molecule has 0 bridgehead atoms. The predicted molar refractivity (Wildman–Crippen MR) is 169 cm³/mol. The largest absolute Gasteiger partial charge is 0.497 e. The quantitative estimate of drug-likeness (QED) is 0.218. The van der Waals surface area contributed by atoms with E-state index in [9.17, 15) is 9.59 Å². The second-order valence-corrected chi connectivity index (χ2v) is 11.9. The van der Waals surface area contributed by atoms with Gasteiger partial charge in [0.15, 0.2) is 4.80 Å². The fourth-order valence-electron chi connectivity index (χ4n) is 5.37. The Morgan fingerprint density at radius 2 is 1.88 bits per heavy atom. The zero-order valence-electron chi connectivity index (χ0n) is 23.3. The van der Waals surface area contributed by atoms with Crippen LogP contribution in [0.2, 0.25) is 0 Å². The first-order valence-corrected chi connectivity index (χ1v) is 15.1. The third-order valence-electron chi connectivity index (χ3n) is 7.30. The van der Waals surface area contributed by atoms with Crippen LogP contribution in [0.15, 0.2) is 105 Å². The normalized spacial score (nSPS) is 15.0. The van der Waals surface area contributed by atoms with Gasteiger partial charge in [-0.15, -0.1) is 0 Å². The Labute approximate surface area is 254 Å². The highest BCUT2D eigenvalue weighted by molar-refractivity contribution is 9.10. The SMILES string of the molecule is CCOC(=O)C1=C(C)N=c2s/c(=C/c3cn(Cc4ccc(Br)cc4)c4ccccc34)c(=O)n2[C@@H]1c1cccc(OC)c1. The van der Waals surface area contributed by atoms with Gasteiger partial charge in [0.05, 0.1) is 35.6 Å². The van der Waals surface area contributed by atoms with E-state index in [4.69, 9.17) is 14.5 Å². The summed E-state index contributed by atoms with van der Waals surface area (Å²) in [5, 5.41) is 1.05. The lowest BCUT2D eigenvalue weighted by Gasteiger charge is -2.25. The summed E-state index contributed by atoms with van der Waals surface area (Å²) in [6.07, 6.45) is 4.01. The maximum atomic E-state index is 14.1. The lowest BCUT2D eigenvalue weighted by molar-refractivity contribution is -0.139. The van der Waals surface area contributed by atoms with Crippen LogP contribution in [0.3, 0.4) is 0 Å². The molecular formula is C33H28BrN3O4S. The molecule has 0 radical (unpaired) electrons. The van der Waals surface area contributed by atoms with Crippen molar-refractivity contribution in [1.29, 1.82) is 0 Å². The van der Waals surface area contributed by atoms with E-state index in [1.807, 2.05) is 54.6 Å². The molecule has 1 atom stereocenters. The number of rotatable bonds is 7. The van der Waals surface area contributed by atoms with Crippen molar-refractivity contribution in [2.45, 2.75) is 26.4 Å². The fourth-order valence-corrected chi connectivity index (χ4v) is 6.67. The molecule has 7 nitrogen and oxygen atoms in total. The summed E-state index contributed by atoms with van der Waals surface area (Å²) < 4.78 is 16.2. The number of nitrogens with zero attached hydrogens (tertiary/aromatic N) is 3. The van der Waals surface area contributed by atoms with Crippen molar-refractivity contribution in [3.8, 4) is 5.75 Å². The highest BCUT2D eigenvalue weighted by atomic mass is 79.9. The Morgan fingerprint density at radius 3 is 2.64 bits per heavy atom. The first kappa shape index (κ1) is 27.9. The van der Waals surface area contributed by atoms with Crippen LogP contribution in [0.1, 0.15) is 36.6 Å². The monoisotopic (exact) mass is 641 g/mol. The molecule has 3 heterocycles. The number of thiazole rings is 1. The van der Waals surface area contributed by atoms with E-state index in [2.05, 4.69) is 51.0 Å². The molecule has 3 aromatic carbocycles. The van der Waals surface area contributed by atoms with Gasteiger partial charge in [-0.2, -0.15) is 0 Å². The van der Waals surface area contributed by atoms with E-state index in [0.29, 0.717) is 32.9 Å². The maximum absolute atomic E-state index is 14.1. The molecule has 5 aromatic rings. The average Bonchev–Trinajstić information content (AvgIpc) is 3.49. The van der Waals surface area contributed by atoms with E-state index >= 15 is 0 Å². The van der Waals surface area contributed by atoms with Gasteiger partial charge < -0.3 is 14.0 Å². The number of fused-ring (bicyclic) bond motifs is 2. The molecule has 1 aliphatic heterocycles. The predicted octanol–water partition coefficient (Wildman–Crippen LogP) is 5.57. The van der Waals surface area contributed by atoms with E-state index in [1.54, 1.807) is 25.5 Å². The molecule has 0 saturated carbocycles. The Kier molecular flexibility index (Phi) is 7.70. The second-order valence-electron chi connectivity index (χ2n) is 9.93. The van der Waals surface area contributed by atoms with Crippen molar-refractivity contribution >= 4 is 50.2 Å². The van der Waals surface area contributed by atoms with Gasteiger partial charge in [-0.25, -0.2) is 9.79 Å². The van der Waals surface area contributed by atoms with Crippen molar-refractivity contribution < 1.29 is 14.3 Å². The first-order chi connectivity index (χ1) is 20.4. The number of methoxy groups -OCH3 is 1. The van der Waals surface area contributed by atoms with Crippen molar-refractivity contribution in [3.63, 3.8) is 0 Å². The molecule has 9 heteroatoms. The molecule has 1 aliphatic rings. The lowest BCUT2D eigenvalue weighted by atomic mass is 9.95. The second kappa shape index (κ2) is 11.6. The molecule has 0 fully saturated rings. The number of allylic oxidation sites excluding steroid dienone is 1. The molecular weight excluding hydrogens is 614 g/mol. The van der Waals surface area contributed by atoms with Gasteiger partial charge >= 0.3 is 5.97 Å². The van der Waals surface area contributed by atoms with Crippen LogP contribution in [0, 0.1) is 0 Å². The Bertz CT molecular complexity index is 2040. The Balaban J connectivity index is 1.51. The summed E-state index contributed by atoms with van der Waals surface area (Å²) in [5.74, 6) is 0.142. The number of carbonyl (C=O) groups excluding carboxylic acids is 1. The number of para-hydroxylation sites is 1. The summed E-state index contributed by atoms with van der Waals surface area (Å²) >= 11 is 4.82. The number of esters is 1. The van der Waals surface area contributed by atoms with Crippen LogP contribution in [-0.2, 0) is 16.1 Å². The highest BCUT2D eigenvalue weighted by Gasteiger charge is 2.33. The third kappa shape index (κ3) is 5.14. The molecule has 0 unspecified atom stereocenters. The molecule has 6 rings (SSSR count). The molecule has 42 heavy (non-hydrogen) atoms. The number of hydrogen-bond acceptors (Lipinski definition) is 6. The fraction of sp³-hybridized carbons (Fsp3) is 0.182. The summed E-state index contributed by atoms with van der Waals surface area (Å²) in [5.41, 5.74) is 4.58. The van der Waals surface area contributed by atoms with Gasteiger partial charge in [0.1, 0.15) is 5.75 Å². The summed E-state index contributed by atoms with van der Waals surface area (Å²) in [4.78, 5) is 32.5. The average molecular weight is 643 g/mol. The lowest BCUT2D eigenvalue weighted by Crippen LogP contribution is -2.39. The minimum atomic E-state index is -0.698. The highest BCUT2D eigenvalue weighted by Crippen LogP contribution is 2.32. The van der Waals surface area contributed by atoms with Crippen LogP contribution >= 0.6 is 27.3 Å². The van der Waals surface area contributed by atoms with Crippen molar-refractivity contribution in [2.75, 3.05) is 13.7 Å². The maximum Gasteiger partial charge on any atom is 0.338 e. The van der Waals surface area contributed by atoms with Crippen LogP contribution in [0.4, 0.5) is 0 Å². The number of benzene rings is 3. The Morgan fingerprint density at radius 1 is 1.10 bits per heavy atom. The van der Waals surface area contributed by atoms with Gasteiger partial charge in [0.2, 0.25) is 0 Å². The van der Waals surface area contributed by atoms with Crippen molar-refractivity contribution in [1.82, 2.24) is 9.13 Å². The van der Waals surface area contributed by atoms with Crippen molar-refractivity contribution in [3.05, 3.63) is 131 Å². The molecule has 0 aliphatic carbocycles. The topological polar surface area (TPSA) is 74.8 Å². The molecule has 0 spiro atoms. The van der Waals surface area contributed by atoms with Gasteiger partial charge in [-0.3, -0.25) is 9.36 Å². The van der Waals surface area contributed by atoms with Crippen molar-refractivity contribution in [2.24, 2.45) is 4.99 Å². The Hall–Kier alpha value is -4.21. The van der Waals surface area contributed by atoms with E-state index in [1.165, 1.54) is 16.9 Å². The van der Waals surface area contributed by atoms with Gasteiger partial charge in [0.25, 0.3) is 5.56 Å². The van der Waals surface area contributed by atoms with Crippen LogP contribution in [-0.4, -0.2) is 28.8 Å². The molecule has 212 valence electrons. The smallest absolute Gasteiger partial charge is 0.338 e. The van der Waals surface area contributed by atoms with Gasteiger partial charge in [0, 0.05) is 33.7 Å². The van der Waals surface area contributed by atoms with E-state index in [0.717, 1.165) is 26.5 Å². The number of hydrogen-bond donors (Lipinski definition) is 0. The zero-order valence-corrected chi connectivity index (χ0v) is 25.7. The van der Waals surface area contributed by atoms with Gasteiger partial charge in [-0.1, -0.05) is 69.7 Å². The van der Waals surface area contributed by atoms with Crippen LogP contribution < -0.4 is 19.6 Å². The number of ether oxygens (including phenoxy) is 2.